The number of nitrogens with one attached hydrogen (secondary N) is 1. The van der Waals surface area contributed by atoms with Crippen molar-refractivity contribution < 1.29 is 14.2 Å². The molecule has 0 saturated heterocycles. The number of hydrogen-bond acceptors (Lipinski definition) is 7. The molecule has 25 heavy (non-hydrogen) atoms. The van der Waals surface area contributed by atoms with Crippen LogP contribution >= 0.6 is 0 Å². The first-order valence-electron chi connectivity index (χ1n) is 7.39. The summed E-state index contributed by atoms with van der Waals surface area (Å²) in [5.74, 6) is 1.19. The molecule has 0 atom stereocenters. The lowest BCUT2D eigenvalue weighted by Crippen LogP contribution is -2.14. The van der Waals surface area contributed by atoms with Gasteiger partial charge in [-0.25, -0.2) is 4.98 Å². The highest BCUT2D eigenvalue weighted by molar-refractivity contribution is 5.89. The second kappa shape index (κ2) is 6.91. The minimum Gasteiger partial charge on any atom is -0.360 e. The number of hydrogen-bond donors (Lipinski definition) is 1. The van der Waals surface area contributed by atoms with Crippen molar-refractivity contribution in [3.8, 4) is 11.4 Å². The van der Waals surface area contributed by atoms with Crippen molar-refractivity contribution in [3.05, 3.63) is 52.5 Å². The molecule has 0 spiro atoms. The van der Waals surface area contributed by atoms with Gasteiger partial charge in [-0.2, -0.15) is 5.10 Å². The van der Waals surface area contributed by atoms with Crippen LogP contribution in [0.5, 0.6) is 0 Å². The van der Waals surface area contributed by atoms with Gasteiger partial charge in [-0.3, -0.25) is 19.6 Å². The Labute approximate surface area is 141 Å². The molecule has 3 rings (SSSR count). The van der Waals surface area contributed by atoms with Crippen LogP contribution in [0.15, 0.2) is 41.2 Å². The van der Waals surface area contributed by atoms with Gasteiger partial charge in [-0.1, -0.05) is 5.16 Å². The number of aryl methyl sites for hydroxylation is 2. The third-order valence-corrected chi connectivity index (χ3v) is 3.34. The smallest absolute Gasteiger partial charge is 0.269 e. The van der Waals surface area contributed by atoms with Gasteiger partial charge in [0.2, 0.25) is 5.91 Å². The number of rotatable bonds is 6. The fraction of sp³-hybridized carbons (Fsp3) is 0.200. The minimum atomic E-state index is -0.467. The summed E-state index contributed by atoms with van der Waals surface area (Å²) in [4.78, 5) is 26.2. The number of benzene rings is 1. The van der Waals surface area contributed by atoms with Crippen LogP contribution < -0.4 is 5.32 Å². The van der Waals surface area contributed by atoms with Crippen LogP contribution in [0.2, 0.25) is 0 Å². The molecule has 128 valence electrons. The second-order valence-corrected chi connectivity index (χ2v) is 5.26. The summed E-state index contributed by atoms with van der Waals surface area (Å²) in [6.45, 7) is 2.07. The van der Waals surface area contributed by atoms with E-state index < -0.39 is 4.92 Å². The van der Waals surface area contributed by atoms with E-state index in [2.05, 4.69) is 20.6 Å². The van der Waals surface area contributed by atoms with E-state index in [0.29, 0.717) is 29.5 Å². The van der Waals surface area contributed by atoms with Crippen LogP contribution in [0.1, 0.15) is 12.2 Å². The van der Waals surface area contributed by atoms with Crippen LogP contribution in [0.4, 0.5) is 11.5 Å². The average molecular weight is 342 g/mol. The summed E-state index contributed by atoms with van der Waals surface area (Å²) in [5.41, 5.74) is 0.662. The molecule has 1 amide bonds. The third-order valence-electron chi connectivity index (χ3n) is 3.34. The first kappa shape index (κ1) is 16.3. The summed E-state index contributed by atoms with van der Waals surface area (Å²) in [6.07, 6.45) is 1.69. The first-order chi connectivity index (χ1) is 12.0. The maximum atomic E-state index is 11.9. The standard InChI is InChI=1S/C15H14N6O4/c1-10-8-13(19-25-10)17-14(22)6-7-20-9-16-15(18-20)11-2-4-12(5-3-11)21(23)24/h2-5,8-9H,6-7H2,1H3,(H,17,19,22). The Morgan fingerprint density at radius 3 is 2.76 bits per heavy atom. The van der Waals surface area contributed by atoms with Crippen molar-refractivity contribution >= 4 is 17.4 Å². The molecule has 1 aromatic carbocycles. The highest BCUT2D eigenvalue weighted by Crippen LogP contribution is 2.19. The molecule has 3 aromatic rings. The zero-order valence-electron chi connectivity index (χ0n) is 13.2. The molecule has 2 heterocycles. The fourth-order valence-corrected chi connectivity index (χ4v) is 2.11. The van der Waals surface area contributed by atoms with Gasteiger partial charge in [0.05, 0.1) is 11.5 Å². The van der Waals surface area contributed by atoms with Gasteiger partial charge in [-0.15, -0.1) is 0 Å². The molecule has 1 N–H and O–H groups in total. The van der Waals surface area contributed by atoms with E-state index in [1.54, 1.807) is 25.1 Å². The number of non-ortho nitro benzene ring substituents is 1. The predicted molar refractivity (Wildman–Crippen MR) is 86.6 cm³/mol. The van der Waals surface area contributed by atoms with Crippen molar-refractivity contribution in [2.24, 2.45) is 0 Å². The minimum absolute atomic E-state index is 0.00273. The average Bonchev–Trinajstić information content (AvgIpc) is 3.22. The molecule has 0 aliphatic heterocycles. The van der Waals surface area contributed by atoms with Crippen LogP contribution in [-0.4, -0.2) is 30.8 Å². The summed E-state index contributed by atoms with van der Waals surface area (Å²) < 4.78 is 6.40. The highest BCUT2D eigenvalue weighted by atomic mass is 16.6. The fourth-order valence-electron chi connectivity index (χ4n) is 2.11. The van der Waals surface area contributed by atoms with Crippen LogP contribution in [-0.2, 0) is 11.3 Å². The van der Waals surface area contributed by atoms with E-state index in [9.17, 15) is 14.9 Å². The van der Waals surface area contributed by atoms with E-state index >= 15 is 0 Å². The normalized spacial score (nSPS) is 10.6. The van der Waals surface area contributed by atoms with Gasteiger partial charge in [0.15, 0.2) is 11.6 Å². The van der Waals surface area contributed by atoms with E-state index in [1.807, 2.05) is 0 Å². The van der Waals surface area contributed by atoms with Crippen molar-refractivity contribution in [3.63, 3.8) is 0 Å². The molecular formula is C15H14N6O4. The SMILES string of the molecule is Cc1cc(NC(=O)CCn2cnc(-c3ccc([N+](=O)[O-])cc3)n2)no1. The van der Waals surface area contributed by atoms with Gasteiger partial charge in [0.25, 0.3) is 5.69 Å². The molecule has 0 radical (unpaired) electrons. The van der Waals surface area contributed by atoms with Gasteiger partial charge in [0.1, 0.15) is 12.1 Å². The van der Waals surface area contributed by atoms with Crippen molar-refractivity contribution in [2.75, 3.05) is 5.32 Å². The lowest BCUT2D eigenvalue weighted by molar-refractivity contribution is -0.384. The summed E-state index contributed by atoms with van der Waals surface area (Å²) in [6, 6.07) is 7.57. The van der Waals surface area contributed by atoms with Crippen LogP contribution in [0, 0.1) is 17.0 Å². The molecule has 10 heteroatoms. The lowest BCUT2D eigenvalue weighted by Gasteiger charge is -2.01. The lowest BCUT2D eigenvalue weighted by atomic mass is 10.2. The predicted octanol–water partition coefficient (Wildman–Crippen LogP) is 2.18. The number of aromatic nitrogens is 4. The van der Waals surface area contributed by atoms with Crippen molar-refractivity contribution in [1.29, 1.82) is 0 Å². The Kier molecular flexibility index (Phi) is 4.50. The van der Waals surface area contributed by atoms with Gasteiger partial charge >= 0.3 is 0 Å². The summed E-state index contributed by atoms with van der Waals surface area (Å²) in [7, 11) is 0. The highest BCUT2D eigenvalue weighted by Gasteiger charge is 2.10. The second-order valence-electron chi connectivity index (χ2n) is 5.26. The topological polar surface area (TPSA) is 129 Å². The molecular weight excluding hydrogens is 328 g/mol. The Bertz CT molecular complexity index is 899. The zero-order valence-corrected chi connectivity index (χ0v) is 13.2. The monoisotopic (exact) mass is 342 g/mol. The Hall–Kier alpha value is -3.56. The number of carbonyl (C=O) groups excluding carboxylic acids is 1. The Morgan fingerprint density at radius 1 is 1.36 bits per heavy atom. The summed E-state index contributed by atoms with van der Waals surface area (Å²) in [5, 5.41) is 21.2. The van der Waals surface area contributed by atoms with Crippen molar-refractivity contribution in [2.45, 2.75) is 19.9 Å². The van der Waals surface area contributed by atoms with E-state index in [0.717, 1.165) is 0 Å². The summed E-state index contributed by atoms with van der Waals surface area (Å²) >= 11 is 0. The van der Waals surface area contributed by atoms with Crippen LogP contribution in [0.25, 0.3) is 11.4 Å². The first-order valence-corrected chi connectivity index (χ1v) is 7.39. The van der Waals surface area contributed by atoms with Gasteiger partial charge < -0.3 is 9.84 Å². The molecule has 0 fully saturated rings. The van der Waals surface area contributed by atoms with Gasteiger partial charge in [-0.05, 0) is 19.1 Å². The van der Waals surface area contributed by atoms with E-state index in [-0.39, 0.29) is 18.0 Å². The zero-order chi connectivity index (χ0) is 17.8. The Morgan fingerprint density at radius 2 is 2.12 bits per heavy atom. The molecule has 0 saturated carbocycles. The molecule has 0 unspecified atom stereocenters. The molecule has 0 aliphatic rings. The van der Waals surface area contributed by atoms with E-state index in [4.69, 9.17) is 4.52 Å². The maximum Gasteiger partial charge on any atom is 0.269 e. The number of carbonyl (C=O) groups is 1. The number of nitro benzene ring substituents is 1. The molecule has 0 aliphatic carbocycles. The Balaban J connectivity index is 1.58. The number of amides is 1. The third kappa shape index (κ3) is 4.05. The largest absolute Gasteiger partial charge is 0.360 e. The molecule has 10 nitrogen and oxygen atoms in total. The van der Waals surface area contributed by atoms with E-state index in [1.165, 1.54) is 23.1 Å². The quantitative estimate of drug-likeness (QED) is 0.537. The molecule has 0 bridgehead atoms. The number of anilines is 1. The molecule has 2 aromatic heterocycles. The van der Waals surface area contributed by atoms with Gasteiger partial charge in [0, 0.05) is 30.2 Å². The number of nitro groups is 1. The van der Waals surface area contributed by atoms with Crippen molar-refractivity contribution in [1.82, 2.24) is 19.9 Å². The maximum absolute atomic E-state index is 11.9. The number of nitrogens with zero attached hydrogens (tertiary/aromatic N) is 5. The van der Waals surface area contributed by atoms with Crippen LogP contribution in [0.3, 0.4) is 0 Å².